The average Bonchev–Trinajstić information content (AvgIpc) is 2.58. The molecule has 0 saturated carbocycles. The number of nitrogens with zero attached hydrogens (tertiary/aromatic N) is 2. The number of aromatic nitrogens is 2. The number of fused-ring (bicyclic) bond motifs is 1. The number of hydrogen-bond acceptors (Lipinski definition) is 3. The van der Waals surface area contributed by atoms with Crippen LogP contribution in [-0.2, 0) is 4.74 Å². The molecule has 90 valence electrons. The molecule has 0 spiro atoms. The van der Waals surface area contributed by atoms with E-state index >= 15 is 0 Å². The molecule has 0 atom stereocenters. The van der Waals surface area contributed by atoms with Crippen LogP contribution < -0.4 is 0 Å². The third kappa shape index (κ3) is 2.24. The maximum absolute atomic E-state index is 11.7. The molecule has 0 radical (unpaired) electrons. The summed E-state index contributed by atoms with van der Waals surface area (Å²) in [5.74, 6) is -0.420. The number of pyridine rings is 1. The molecule has 0 amide bonds. The molecule has 4 nitrogen and oxygen atoms in total. The van der Waals surface area contributed by atoms with Gasteiger partial charge in [0, 0.05) is 10.7 Å². The summed E-state index contributed by atoms with van der Waals surface area (Å²) in [5, 5.41) is 0. The van der Waals surface area contributed by atoms with Crippen LogP contribution in [-0.4, -0.2) is 22.0 Å². The third-order valence-electron chi connectivity index (χ3n) is 2.31. The summed E-state index contributed by atoms with van der Waals surface area (Å²) in [7, 11) is 0. The van der Waals surface area contributed by atoms with Crippen molar-refractivity contribution in [2.75, 3.05) is 6.61 Å². The number of halogens is 2. The third-order valence-corrected chi connectivity index (χ3v) is 3.90. The highest BCUT2D eigenvalue weighted by molar-refractivity contribution is 9.10. The number of hydrogen-bond donors (Lipinski definition) is 0. The van der Waals surface area contributed by atoms with E-state index < -0.39 is 5.97 Å². The van der Waals surface area contributed by atoms with Crippen molar-refractivity contribution in [1.82, 2.24) is 9.38 Å². The van der Waals surface area contributed by atoms with Crippen LogP contribution in [0.4, 0.5) is 0 Å². The lowest BCUT2D eigenvalue weighted by Crippen LogP contribution is -2.05. The molecule has 6 heteroatoms. The van der Waals surface area contributed by atoms with Gasteiger partial charge in [0.25, 0.3) is 0 Å². The average molecular weight is 362 g/mol. The summed E-state index contributed by atoms with van der Waals surface area (Å²) >= 11 is 6.80. The largest absolute Gasteiger partial charge is 0.461 e. The molecule has 2 rings (SSSR count). The van der Waals surface area contributed by atoms with Gasteiger partial charge in [0.15, 0.2) is 5.69 Å². The highest BCUT2D eigenvalue weighted by Crippen LogP contribution is 2.24. The van der Waals surface area contributed by atoms with Gasteiger partial charge < -0.3 is 4.74 Å². The van der Waals surface area contributed by atoms with Crippen LogP contribution in [0, 0.1) is 6.92 Å². The van der Waals surface area contributed by atoms with Crippen LogP contribution in [0.25, 0.3) is 5.65 Å². The van der Waals surface area contributed by atoms with Gasteiger partial charge in [-0.2, -0.15) is 0 Å². The van der Waals surface area contributed by atoms with E-state index in [2.05, 4.69) is 36.8 Å². The predicted molar refractivity (Wildman–Crippen MR) is 71.3 cm³/mol. The van der Waals surface area contributed by atoms with E-state index in [-0.39, 0.29) is 0 Å². The molecule has 17 heavy (non-hydrogen) atoms. The van der Waals surface area contributed by atoms with E-state index in [0.717, 1.165) is 10.0 Å². The summed E-state index contributed by atoms with van der Waals surface area (Å²) in [6.45, 7) is 4.07. The summed E-state index contributed by atoms with van der Waals surface area (Å²) < 4.78 is 8.30. The number of carbonyl (C=O) groups excluding carboxylic acids is 1. The quantitative estimate of drug-likeness (QED) is 0.770. The van der Waals surface area contributed by atoms with Crippen molar-refractivity contribution in [3.8, 4) is 0 Å². The fraction of sp³-hybridized carbons (Fsp3) is 0.273. The van der Waals surface area contributed by atoms with Crippen molar-refractivity contribution in [1.29, 1.82) is 0 Å². The maximum Gasteiger partial charge on any atom is 0.359 e. The Labute approximate surface area is 115 Å². The topological polar surface area (TPSA) is 43.6 Å². The Morgan fingerprint density at radius 3 is 2.88 bits per heavy atom. The van der Waals surface area contributed by atoms with Gasteiger partial charge in [0.05, 0.1) is 6.61 Å². The number of aryl methyl sites for hydroxylation is 1. The molecule has 0 aromatic carbocycles. The summed E-state index contributed by atoms with van der Waals surface area (Å²) in [4.78, 5) is 15.9. The minimum absolute atomic E-state index is 0.296. The first-order valence-corrected chi connectivity index (χ1v) is 6.64. The van der Waals surface area contributed by atoms with Crippen molar-refractivity contribution in [3.05, 3.63) is 32.6 Å². The SMILES string of the molecule is CCOC(=O)c1nc2cc(C)c(Br)cn2c1Br. The highest BCUT2D eigenvalue weighted by atomic mass is 79.9. The standard InChI is InChI=1S/C11H10Br2N2O2/c1-3-17-11(16)9-10(13)15-5-7(12)6(2)4-8(15)14-9/h4-5H,3H2,1-2H3. The van der Waals surface area contributed by atoms with Crippen LogP contribution in [0.15, 0.2) is 21.3 Å². The number of imidazole rings is 1. The molecule has 2 aromatic heterocycles. The summed E-state index contributed by atoms with van der Waals surface area (Å²) in [6.07, 6.45) is 1.87. The molecule has 0 fully saturated rings. The molecule has 0 aliphatic heterocycles. The van der Waals surface area contributed by atoms with Crippen LogP contribution in [0.2, 0.25) is 0 Å². The molecular weight excluding hydrogens is 352 g/mol. The predicted octanol–water partition coefficient (Wildman–Crippen LogP) is 3.34. The van der Waals surface area contributed by atoms with Gasteiger partial charge in [-0.3, -0.25) is 4.40 Å². The van der Waals surface area contributed by atoms with E-state index in [1.807, 2.05) is 19.2 Å². The van der Waals surface area contributed by atoms with Crippen molar-refractivity contribution in [3.63, 3.8) is 0 Å². The van der Waals surface area contributed by atoms with Gasteiger partial charge in [-0.05, 0) is 57.3 Å². The van der Waals surface area contributed by atoms with Gasteiger partial charge in [0.1, 0.15) is 10.3 Å². The second-order valence-corrected chi connectivity index (χ2v) is 5.11. The monoisotopic (exact) mass is 360 g/mol. The first kappa shape index (κ1) is 12.6. The van der Waals surface area contributed by atoms with Crippen LogP contribution >= 0.6 is 31.9 Å². The fourth-order valence-corrected chi connectivity index (χ4v) is 2.31. The molecule has 2 heterocycles. The first-order valence-electron chi connectivity index (χ1n) is 5.05. The number of ether oxygens (including phenoxy) is 1. The Hall–Kier alpha value is -0.880. The van der Waals surface area contributed by atoms with Crippen molar-refractivity contribution in [2.45, 2.75) is 13.8 Å². The lowest BCUT2D eigenvalue weighted by Gasteiger charge is -2.00. The Kier molecular flexibility index (Phi) is 3.53. The van der Waals surface area contributed by atoms with Gasteiger partial charge in [-0.15, -0.1) is 0 Å². The van der Waals surface area contributed by atoms with E-state index in [9.17, 15) is 4.79 Å². The maximum atomic E-state index is 11.7. The van der Waals surface area contributed by atoms with Gasteiger partial charge in [0.2, 0.25) is 0 Å². The van der Waals surface area contributed by atoms with E-state index in [0.29, 0.717) is 22.6 Å². The van der Waals surface area contributed by atoms with Crippen LogP contribution in [0.3, 0.4) is 0 Å². The van der Waals surface area contributed by atoms with Gasteiger partial charge in [-0.25, -0.2) is 9.78 Å². The second-order valence-electron chi connectivity index (χ2n) is 3.50. The minimum Gasteiger partial charge on any atom is -0.461 e. The number of esters is 1. The van der Waals surface area contributed by atoms with E-state index in [1.165, 1.54) is 0 Å². The molecular formula is C11H10Br2N2O2. The van der Waals surface area contributed by atoms with Crippen LogP contribution in [0.5, 0.6) is 0 Å². The smallest absolute Gasteiger partial charge is 0.359 e. The molecule has 0 saturated heterocycles. The molecule has 0 N–H and O–H groups in total. The molecule has 2 aromatic rings. The number of rotatable bonds is 2. The Morgan fingerprint density at radius 2 is 2.24 bits per heavy atom. The lowest BCUT2D eigenvalue weighted by atomic mass is 10.3. The molecule has 0 unspecified atom stereocenters. The van der Waals surface area contributed by atoms with E-state index in [4.69, 9.17) is 4.74 Å². The fourth-order valence-electron chi connectivity index (χ4n) is 1.46. The normalized spacial score (nSPS) is 10.8. The first-order chi connectivity index (χ1) is 8.04. The zero-order valence-electron chi connectivity index (χ0n) is 9.33. The minimum atomic E-state index is -0.420. The van der Waals surface area contributed by atoms with Crippen molar-refractivity contribution in [2.24, 2.45) is 0 Å². The Balaban J connectivity index is 2.60. The lowest BCUT2D eigenvalue weighted by molar-refractivity contribution is 0.0519. The summed E-state index contributed by atoms with van der Waals surface area (Å²) in [5.41, 5.74) is 2.07. The molecule has 0 bridgehead atoms. The zero-order valence-corrected chi connectivity index (χ0v) is 12.5. The van der Waals surface area contributed by atoms with Crippen LogP contribution in [0.1, 0.15) is 23.0 Å². The van der Waals surface area contributed by atoms with Crippen molar-refractivity contribution >= 4 is 43.5 Å². The molecule has 0 aliphatic rings. The Bertz CT molecular complexity index is 593. The second kappa shape index (κ2) is 4.78. The summed E-state index contributed by atoms with van der Waals surface area (Å²) in [6, 6.07) is 1.90. The highest BCUT2D eigenvalue weighted by Gasteiger charge is 2.18. The van der Waals surface area contributed by atoms with Gasteiger partial charge in [-0.1, -0.05) is 0 Å². The van der Waals surface area contributed by atoms with Gasteiger partial charge >= 0.3 is 5.97 Å². The zero-order chi connectivity index (χ0) is 12.6. The Morgan fingerprint density at radius 1 is 1.53 bits per heavy atom. The van der Waals surface area contributed by atoms with Crippen molar-refractivity contribution < 1.29 is 9.53 Å². The molecule has 0 aliphatic carbocycles. The van der Waals surface area contributed by atoms with E-state index in [1.54, 1.807) is 11.3 Å². The number of carbonyl (C=O) groups is 1.